The van der Waals surface area contributed by atoms with E-state index in [1.165, 1.54) is 0 Å². The van der Waals surface area contributed by atoms with Gasteiger partial charge in [-0.25, -0.2) is 13.1 Å². The molecule has 2 atom stereocenters. The number of aliphatic hydroxyl groups is 1. The Balaban J connectivity index is 2.67. The number of rotatable bonds is 7. The molecule has 1 rings (SSSR count). The number of nitrogens with one attached hydrogen (secondary N) is 1. The van der Waals surface area contributed by atoms with Crippen LogP contribution in [0.15, 0.2) is 18.2 Å². The molecule has 1 aromatic rings. The van der Waals surface area contributed by atoms with E-state index in [1.807, 2.05) is 6.92 Å². The van der Waals surface area contributed by atoms with Crippen molar-refractivity contribution in [1.29, 1.82) is 0 Å². The van der Waals surface area contributed by atoms with E-state index in [0.717, 1.165) is 0 Å². The van der Waals surface area contributed by atoms with Gasteiger partial charge in [0.05, 0.1) is 11.9 Å². The minimum absolute atomic E-state index is 0.0477. The number of sulfonamides is 1. The Morgan fingerprint density at radius 3 is 2.30 bits per heavy atom. The normalized spacial score (nSPS) is 15.1. The summed E-state index contributed by atoms with van der Waals surface area (Å²) in [7, 11) is -3.51. The topological polar surface area (TPSA) is 66.4 Å². The largest absolute Gasteiger partial charge is 0.393 e. The summed E-state index contributed by atoms with van der Waals surface area (Å²) >= 11 is 11.9. The van der Waals surface area contributed by atoms with E-state index in [1.54, 1.807) is 25.1 Å². The highest BCUT2D eigenvalue weighted by atomic mass is 35.5. The number of halogens is 2. The first-order valence-corrected chi connectivity index (χ1v) is 8.70. The molecule has 0 aliphatic heterocycles. The molecule has 0 radical (unpaired) electrons. The third-order valence-corrected chi connectivity index (χ3v) is 4.77. The minimum atomic E-state index is -3.51. The van der Waals surface area contributed by atoms with Crippen molar-refractivity contribution in [1.82, 2.24) is 4.72 Å². The van der Waals surface area contributed by atoms with Crippen molar-refractivity contribution in [3.05, 3.63) is 33.8 Å². The van der Waals surface area contributed by atoms with Crippen LogP contribution in [0.4, 0.5) is 0 Å². The van der Waals surface area contributed by atoms with Crippen LogP contribution < -0.4 is 4.72 Å². The molecule has 114 valence electrons. The summed E-state index contributed by atoms with van der Waals surface area (Å²) < 4.78 is 26.5. The van der Waals surface area contributed by atoms with E-state index in [4.69, 9.17) is 23.2 Å². The molecule has 0 heterocycles. The van der Waals surface area contributed by atoms with E-state index in [9.17, 15) is 13.5 Å². The van der Waals surface area contributed by atoms with Gasteiger partial charge in [0.2, 0.25) is 10.0 Å². The maximum atomic E-state index is 12.0. The summed E-state index contributed by atoms with van der Waals surface area (Å²) in [6, 6.07) is 4.88. The first kappa shape index (κ1) is 17.7. The maximum Gasteiger partial charge on any atom is 0.215 e. The molecular formula is C13H19Cl2NO3S. The molecule has 20 heavy (non-hydrogen) atoms. The molecule has 0 fully saturated rings. The van der Waals surface area contributed by atoms with E-state index in [2.05, 4.69) is 4.72 Å². The van der Waals surface area contributed by atoms with Gasteiger partial charge in [-0.15, -0.1) is 0 Å². The molecule has 0 aromatic heterocycles. The zero-order valence-electron chi connectivity index (χ0n) is 11.4. The zero-order chi connectivity index (χ0) is 15.3. The van der Waals surface area contributed by atoms with Crippen LogP contribution in [0.25, 0.3) is 0 Å². The van der Waals surface area contributed by atoms with Gasteiger partial charge in [0, 0.05) is 22.2 Å². The second-order valence-electron chi connectivity index (χ2n) is 5.00. The van der Waals surface area contributed by atoms with Crippen LogP contribution in [0.2, 0.25) is 10.0 Å². The van der Waals surface area contributed by atoms with Crippen LogP contribution in [0, 0.1) is 5.92 Å². The average molecular weight is 340 g/mol. The molecule has 0 saturated heterocycles. The lowest BCUT2D eigenvalue weighted by atomic mass is 10.1. The lowest BCUT2D eigenvalue weighted by Gasteiger charge is -2.15. The Morgan fingerprint density at radius 2 is 1.80 bits per heavy atom. The van der Waals surface area contributed by atoms with Gasteiger partial charge in [-0.05, 0) is 31.4 Å². The Bertz CT molecular complexity index is 526. The first-order chi connectivity index (χ1) is 9.21. The summed E-state index contributed by atoms with van der Waals surface area (Å²) in [5.74, 6) is -0.209. The Hall–Kier alpha value is -0.330. The Labute approximate surface area is 130 Å². The monoisotopic (exact) mass is 339 g/mol. The first-order valence-electron chi connectivity index (χ1n) is 6.29. The van der Waals surface area contributed by atoms with Gasteiger partial charge >= 0.3 is 0 Å². The molecule has 0 saturated carbocycles. The molecule has 1 aromatic carbocycles. The highest BCUT2D eigenvalue weighted by molar-refractivity contribution is 7.88. The molecular weight excluding hydrogens is 321 g/mol. The van der Waals surface area contributed by atoms with Crippen LogP contribution in [0.3, 0.4) is 0 Å². The van der Waals surface area contributed by atoms with Gasteiger partial charge in [0.1, 0.15) is 0 Å². The third kappa shape index (κ3) is 5.97. The smallest absolute Gasteiger partial charge is 0.215 e. The number of hydrogen-bond acceptors (Lipinski definition) is 3. The molecule has 0 bridgehead atoms. The predicted molar refractivity (Wildman–Crippen MR) is 82.6 cm³/mol. The second-order valence-corrected chi connectivity index (χ2v) is 7.62. The van der Waals surface area contributed by atoms with Crippen LogP contribution in [-0.2, 0) is 15.8 Å². The van der Waals surface area contributed by atoms with E-state index < -0.39 is 16.1 Å². The predicted octanol–water partition coefficient (Wildman–Crippen LogP) is 2.82. The average Bonchev–Trinajstić information content (AvgIpc) is 2.31. The summed E-state index contributed by atoms with van der Waals surface area (Å²) in [6.45, 7) is 3.82. The van der Waals surface area contributed by atoms with E-state index in [0.29, 0.717) is 22.0 Å². The van der Waals surface area contributed by atoms with Crippen LogP contribution in [0.1, 0.15) is 25.8 Å². The molecule has 0 aliphatic rings. The lowest BCUT2D eigenvalue weighted by molar-refractivity contribution is 0.165. The minimum Gasteiger partial charge on any atom is -0.393 e. The molecule has 2 unspecified atom stereocenters. The van der Waals surface area contributed by atoms with E-state index in [-0.39, 0.29) is 18.2 Å². The zero-order valence-corrected chi connectivity index (χ0v) is 13.8. The van der Waals surface area contributed by atoms with Crippen LogP contribution in [-0.4, -0.2) is 26.2 Å². The number of hydrogen-bond donors (Lipinski definition) is 2. The van der Waals surface area contributed by atoms with Gasteiger partial charge in [0.15, 0.2) is 0 Å². The molecule has 0 amide bonds. The number of aliphatic hydroxyl groups excluding tert-OH is 1. The fourth-order valence-electron chi connectivity index (χ4n) is 1.85. The highest BCUT2D eigenvalue weighted by Crippen LogP contribution is 2.25. The van der Waals surface area contributed by atoms with Crippen molar-refractivity contribution in [2.45, 2.75) is 32.1 Å². The summed E-state index contributed by atoms with van der Waals surface area (Å²) in [5.41, 5.74) is 0.395. The fraction of sp³-hybridized carbons (Fsp3) is 0.538. The van der Waals surface area contributed by atoms with Gasteiger partial charge in [-0.1, -0.05) is 36.2 Å². The molecule has 7 heteroatoms. The SMILES string of the molecule is CC(O)CC(C)CNS(=O)(=O)Cc1c(Cl)cccc1Cl. The Kier molecular flexibility index (Phi) is 6.75. The third-order valence-electron chi connectivity index (χ3n) is 2.79. The summed E-state index contributed by atoms with van der Waals surface area (Å²) in [6.07, 6.45) is 0.0857. The maximum absolute atomic E-state index is 12.0. The summed E-state index contributed by atoms with van der Waals surface area (Å²) in [4.78, 5) is 0. The molecule has 0 aliphatic carbocycles. The van der Waals surface area contributed by atoms with Gasteiger partial charge in [-0.2, -0.15) is 0 Å². The lowest BCUT2D eigenvalue weighted by Crippen LogP contribution is -2.30. The van der Waals surface area contributed by atoms with Crippen molar-refractivity contribution in [3.8, 4) is 0 Å². The van der Waals surface area contributed by atoms with Crippen molar-refractivity contribution in [2.75, 3.05) is 6.54 Å². The number of benzene rings is 1. The van der Waals surface area contributed by atoms with Crippen LogP contribution >= 0.6 is 23.2 Å². The quantitative estimate of drug-likeness (QED) is 0.802. The fourth-order valence-corrected chi connectivity index (χ4v) is 3.87. The van der Waals surface area contributed by atoms with Crippen LogP contribution in [0.5, 0.6) is 0 Å². The van der Waals surface area contributed by atoms with Crippen molar-refractivity contribution in [3.63, 3.8) is 0 Å². The van der Waals surface area contributed by atoms with Crippen molar-refractivity contribution in [2.24, 2.45) is 5.92 Å². The van der Waals surface area contributed by atoms with Gasteiger partial charge in [-0.3, -0.25) is 0 Å². The Morgan fingerprint density at radius 1 is 1.25 bits per heavy atom. The molecule has 2 N–H and O–H groups in total. The second kappa shape index (κ2) is 7.61. The van der Waals surface area contributed by atoms with Gasteiger partial charge < -0.3 is 5.11 Å². The standard InChI is InChI=1S/C13H19Cl2NO3S/c1-9(6-10(2)17)7-16-20(18,19)8-11-12(14)4-3-5-13(11)15/h3-5,9-10,16-17H,6-8H2,1-2H3. The highest BCUT2D eigenvalue weighted by Gasteiger charge is 2.17. The van der Waals surface area contributed by atoms with Crippen molar-refractivity contribution < 1.29 is 13.5 Å². The van der Waals surface area contributed by atoms with Gasteiger partial charge in [0.25, 0.3) is 0 Å². The molecule has 0 spiro atoms. The molecule has 4 nitrogen and oxygen atoms in total. The summed E-state index contributed by atoms with van der Waals surface area (Å²) in [5, 5.41) is 9.91. The van der Waals surface area contributed by atoms with Crippen molar-refractivity contribution >= 4 is 33.2 Å². The van der Waals surface area contributed by atoms with E-state index >= 15 is 0 Å².